The summed E-state index contributed by atoms with van der Waals surface area (Å²) in [5, 5.41) is 22.1. The van der Waals surface area contributed by atoms with Crippen molar-refractivity contribution in [1.82, 2.24) is 0 Å². The van der Waals surface area contributed by atoms with E-state index in [1.165, 1.54) is 0 Å². The van der Waals surface area contributed by atoms with Crippen molar-refractivity contribution in [3.05, 3.63) is 92.0 Å². The van der Waals surface area contributed by atoms with Gasteiger partial charge in [-0.2, -0.15) is 0 Å². The van der Waals surface area contributed by atoms with Crippen molar-refractivity contribution in [3.63, 3.8) is 0 Å². The largest absolute Gasteiger partial charge is 0.265 e. The van der Waals surface area contributed by atoms with Gasteiger partial charge in [0.25, 0.3) is 0 Å². The van der Waals surface area contributed by atoms with Gasteiger partial charge >= 0.3 is 0 Å². The van der Waals surface area contributed by atoms with E-state index in [0.717, 1.165) is 11.1 Å². The summed E-state index contributed by atoms with van der Waals surface area (Å²) in [4.78, 5) is 21.3. The van der Waals surface area contributed by atoms with Gasteiger partial charge in [0, 0.05) is 9.85 Å². The number of hydrogen-bond acceptors (Lipinski definition) is 4. The summed E-state index contributed by atoms with van der Waals surface area (Å²) >= 11 is 0. The molecular formula is C16H16N2O4. The fourth-order valence-electron chi connectivity index (χ4n) is 2.65. The first-order chi connectivity index (χ1) is 10.6. The zero-order valence-electron chi connectivity index (χ0n) is 11.9. The van der Waals surface area contributed by atoms with Gasteiger partial charge in [-0.3, -0.25) is 20.2 Å². The fraction of sp³-hybridized carbons (Fsp3) is 0.250. The van der Waals surface area contributed by atoms with Gasteiger partial charge < -0.3 is 0 Å². The van der Waals surface area contributed by atoms with Gasteiger partial charge in [0.15, 0.2) is 0 Å². The Labute approximate surface area is 127 Å². The number of nitro groups is 2. The van der Waals surface area contributed by atoms with E-state index in [1.54, 1.807) is 48.5 Å². The highest BCUT2D eigenvalue weighted by Crippen LogP contribution is 2.33. The van der Waals surface area contributed by atoms with Crippen LogP contribution < -0.4 is 0 Å². The lowest BCUT2D eigenvalue weighted by Gasteiger charge is -2.22. The summed E-state index contributed by atoms with van der Waals surface area (Å²) in [7, 11) is 0. The van der Waals surface area contributed by atoms with Gasteiger partial charge in [0.1, 0.15) is 0 Å². The first kappa shape index (κ1) is 15.6. The Morgan fingerprint density at radius 2 is 1.00 bits per heavy atom. The van der Waals surface area contributed by atoms with Crippen molar-refractivity contribution in [1.29, 1.82) is 0 Å². The molecule has 0 saturated carbocycles. The highest BCUT2D eigenvalue weighted by atomic mass is 16.6. The molecule has 0 aliphatic carbocycles. The van der Waals surface area contributed by atoms with Crippen molar-refractivity contribution in [2.24, 2.45) is 0 Å². The summed E-state index contributed by atoms with van der Waals surface area (Å²) in [6, 6.07) is 17.9. The SMILES string of the molecule is O=[N+]([O-])C[C@@H](c1ccccc1)[C@@H](C[N+](=O)[O-])c1ccccc1. The maximum absolute atomic E-state index is 11.0. The first-order valence-corrected chi connectivity index (χ1v) is 6.91. The molecule has 0 bridgehead atoms. The number of hydrogen-bond donors (Lipinski definition) is 0. The van der Waals surface area contributed by atoms with Crippen LogP contribution in [0.1, 0.15) is 23.0 Å². The summed E-state index contributed by atoms with van der Waals surface area (Å²) in [6.45, 7) is -0.672. The van der Waals surface area contributed by atoms with E-state index in [0.29, 0.717) is 0 Å². The molecule has 0 fully saturated rings. The molecule has 0 spiro atoms. The van der Waals surface area contributed by atoms with Crippen LogP contribution >= 0.6 is 0 Å². The molecule has 0 aromatic heterocycles. The Morgan fingerprint density at radius 3 is 1.27 bits per heavy atom. The first-order valence-electron chi connectivity index (χ1n) is 6.91. The predicted molar refractivity (Wildman–Crippen MR) is 82.1 cm³/mol. The number of nitrogens with zero attached hydrogens (tertiary/aromatic N) is 2. The molecule has 2 aromatic carbocycles. The highest BCUT2D eigenvalue weighted by Gasteiger charge is 2.32. The molecule has 0 aliphatic rings. The average Bonchev–Trinajstić information content (AvgIpc) is 2.52. The van der Waals surface area contributed by atoms with Gasteiger partial charge in [-0.15, -0.1) is 0 Å². The molecule has 2 atom stereocenters. The summed E-state index contributed by atoms with van der Waals surface area (Å²) in [5.74, 6) is -1.08. The van der Waals surface area contributed by atoms with Crippen LogP contribution in [0.2, 0.25) is 0 Å². The second-order valence-corrected chi connectivity index (χ2v) is 5.06. The molecule has 114 valence electrons. The molecule has 0 unspecified atom stereocenters. The second-order valence-electron chi connectivity index (χ2n) is 5.06. The molecule has 0 N–H and O–H groups in total. The smallest absolute Gasteiger partial charge is 0.211 e. The van der Waals surface area contributed by atoms with E-state index in [4.69, 9.17) is 0 Å². The molecule has 0 amide bonds. The van der Waals surface area contributed by atoms with E-state index in [2.05, 4.69) is 0 Å². The second kappa shape index (κ2) is 7.31. The zero-order chi connectivity index (χ0) is 15.9. The molecule has 2 aromatic rings. The third-order valence-electron chi connectivity index (χ3n) is 3.63. The normalized spacial score (nSPS) is 13.3. The third-order valence-corrected chi connectivity index (χ3v) is 3.63. The molecule has 2 rings (SSSR count). The summed E-state index contributed by atoms with van der Waals surface area (Å²) in [6.07, 6.45) is 0. The van der Waals surface area contributed by atoms with E-state index < -0.39 is 21.7 Å². The lowest BCUT2D eigenvalue weighted by Crippen LogP contribution is -2.25. The summed E-state index contributed by atoms with van der Waals surface area (Å²) in [5.41, 5.74) is 1.49. The van der Waals surface area contributed by atoms with Crippen molar-refractivity contribution in [2.45, 2.75) is 11.8 Å². The minimum Gasteiger partial charge on any atom is -0.265 e. The van der Waals surface area contributed by atoms with Crippen molar-refractivity contribution in [3.8, 4) is 0 Å². The molecule has 0 radical (unpaired) electrons. The topological polar surface area (TPSA) is 86.3 Å². The van der Waals surface area contributed by atoms with E-state index in [1.807, 2.05) is 12.1 Å². The maximum atomic E-state index is 11.0. The molecule has 0 aliphatic heterocycles. The number of rotatable bonds is 7. The van der Waals surface area contributed by atoms with Crippen LogP contribution in [0.15, 0.2) is 60.7 Å². The third kappa shape index (κ3) is 4.12. The van der Waals surface area contributed by atoms with Gasteiger partial charge in [0.05, 0.1) is 11.8 Å². The monoisotopic (exact) mass is 300 g/mol. The lowest BCUT2D eigenvalue weighted by molar-refractivity contribution is -0.498. The van der Waals surface area contributed by atoms with Crippen LogP contribution in [0.5, 0.6) is 0 Å². The van der Waals surface area contributed by atoms with Crippen molar-refractivity contribution >= 4 is 0 Å². The zero-order valence-corrected chi connectivity index (χ0v) is 11.9. The van der Waals surface area contributed by atoms with Gasteiger partial charge in [0.2, 0.25) is 13.1 Å². The predicted octanol–water partition coefficient (Wildman–Crippen LogP) is 3.11. The Bertz CT molecular complexity index is 574. The molecule has 6 heteroatoms. The average molecular weight is 300 g/mol. The molecule has 6 nitrogen and oxygen atoms in total. The minimum absolute atomic E-state index is 0.336. The standard InChI is InChI=1S/C16H16N2O4/c19-17(20)11-15(13-7-3-1-4-8-13)16(12-18(21)22)14-9-5-2-6-10-14/h1-10,15-16H,11-12H2/t15-,16-/m0/s1. The Kier molecular flexibility index (Phi) is 5.19. The van der Waals surface area contributed by atoms with Crippen LogP contribution in [0.25, 0.3) is 0 Å². The molecular weight excluding hydrogens is 284 g/mol. The van der Waals surface area contributed by atoms with E-state index in [9.17, 15) is 20.2 Å². The van der Waals surface area contributed by atoms with Crippen LogP contribution in [0.4, 0.5) is 0 Å². The van der Waals surface area contributed by atoms with Crippen LogP contribution in [-0.2, 0) is 0 Å². The van der Waals surface area contributed by atoms with Crippen LogP contribution in [0.3, 0.4) is 0 Å². The van der Waals surface area contributed by atoms with Crippen molar-refractivity contribution in [2.75, 3.05) is 13.1 Å². The molecule has 0 heterocycles. The lowest BCUT2D eigenvalue weighted by atomic mass is 9.81. The minimum atomic E-state index is -0.538. The number of benzene rings is 2. The quantitative estimate of drug-likeness (QED) is 0.580. The van der Waals surface area contributed by atoms with Gasteiger partial charge in [-0.05, 0) is 11.1 Å². The van der Waals surface area contributed by atoms with Crippen molar-refractivity contribution < 1.29 is 9.85 Å². The fourth-order valence-corrected chi connectivity index (χ4v) is 2.65. The maximum Gasteiger partial charge on any atom is 0.211 e. The molecule has 22 heavy (non-hydrogen) atoms. The van der Waals surface area contributed by atoms with Gasteiger partial charge in [-0.25, -0.2) is 0 Å². The van der Waals surface area contributed by atoms with Gasteiger partial charge in [-0.1, -0.05) is 60.7 Å². The van der Waals surface area contributed by atoms with Crippen LogP contribution in [-0.4, -0.2) is 22.9 Å². The van der Waals surface area contributed by atoms with E-state index in [-0.39, 0.29) is 13.1 Å². The Morgan fingerprint density at radius 1 is 0.682 bits per heavy atom. The Balaban J connectivity index is 2.43. The van der Waals surface area contributed by atoms with Crippen LogP contribution in [0, 0.1) is 20.2 Å². The molecule has 0 saturated heterocycles. The Hall–Kier alpha value is -2.76. The van der Waals surface area contributed by atoms with E-state index >= 15 is 0 Å². The summed E-state index contributed by atoms with van der Waals surface area (Å²) < 4.78 is 0. The highest BCUT2D eigenvalue weighted by molar-refractivity contribution is 5.28.